The van der Waals surface area contributed by atoms with Gasteiger partial charge in [0.15, 0.2) is 0 Å². The molecule has 0 bridgehead atoms. The number of nitro groups is 1. The molecule has 0 aliphatic heterocycles. The molecule has 1 N–H and O–H groups in total. The van der Waals surface area contributed by atoms with Crippen molar-refractivity contribution in [3.8, 4) is 0 Å². The van der Waals surface area contributed by atoms with E-state index in [2.05, 4.69) is 5.32 Å². The number of benzene rings is 1. The Labute approximate surface area is 118 Å². The van der Waals surface area contributed by atoms with E-state index in [9.17, 15) is 14.9 Å². The average molecular weight is 280 g/mol. The summed E-state index contributed by atoms with van der Waals surface area (Å²) < 4.78 is 5.85. The molecule has 0 radical (unpaired) electrons. The first kappa shape index (κ1) is 16.1. The Balaban J connectivity index is 2.87. The minimum Gasteiger partial charge on any atom is -0.361 e. The maximum Gasteiger partial charge on any atom is 0.229 e. The Kier molecular flexibility index (Phi) is 6.66. The van der Waals surface area contributed by atoms with Crippen LogP contribution in [-0.2, 0) is 9.53 Å². The average Bonchev–Trinajstić information content (AvgIpc) is 2.44. The van der Waals surface area contributed by atoms with Crippen LogP contribution in [0, 0.1) is 10.1 Å². The van der Waals surface area contributed by atoms with E-state index in [1.165, 1.54) is 0 Å². The summed E-state index contributed by atoms with van der Waals surface area (Å²) in [5.41, 5.74) is 0.885. The maximum atomic E-state index is 10.6. The summed E-state index contributed by atoms with van der Waals surface area (Å²) in [4.78, 5) is 20.9. The zero-order chi connectivity index (χ0) is 15.0. The van der Waals surface area contributed by atoms with Crippen molar-refractivity contribution in [2.75, 3.05) is 6.54 Å². The quantitative estimate of drug-likeness (QED) is 0.426. The lowest BCUT2D eigenvalue weighted by Crippen LogP contribution is -2.36. The minimum absolute atomic E-state index is 0.242. The lowest BCUT2D eigenvalue weighted by molar-refractivity contribution is -0.492. The Morgan fingerprint density at radius 1 is 1.40 bits per heavy atom. The van der Waals surface area contributed by atoms with Gasteiger partial charge in [-0.2, -0.15) is 0 Å². The molecule has 0 aliphatic carbocycles. The normalized spacial score (nSPS) is 15.1. The summed E-state index contributed by atoms with van der Waals surface area (Å²) in [6.07, 6.45) is 0.258. The topological polar surface area (TPSA) is 81.5 Å². The molecular weight excluding hydrogens is 260 g/mol. The maximum absolute atomic E-state index is 10.6. The molecule has 1 aromatic rings. The van der Waals surface area contributed by atoms with Crippen LogP contribution < -0.4 is 5.32 Å². The Morgan fingerprint density at radius 3 is 2.55 bits per heavy atom. The van der Waals surface area contributed by atoms with E-state index in [-0.39, 0.29) is 17.5 Å². The number of carbonyl (C=O) groups excluding carboxylic acids is 1. The van der Waals surface area contributed by atoms with Crippen molar-refractivity contribution in [2.24, 2.45) is 0 Å². The lowest BCUT2D eigenvalue weighted by atomic mass is 10.0. The van der Waals surface area contributed by atoms with Gasteiger partial charge in [-0.3, -0.25) is 14.9 Å². The molecule has 110 valence electrons. The number of rotatable bonds is 9. The van der Waals surface area contributed by atoms with Crippen molar-refractivity contribution in [3.05, 3.63) is 46.0 Å². The van der Waals surface area contributed by atoms with E-state index in [0.29, 0.717) is 12.8 Å². The molecular formula is C14H20N2O4. The van der Waals surface area contributed by atoms with Crippen LogP contribution in [0.15, 0.2) is 30.3 Å². The Bertz CT molecular complexity index is 424. The first-order chi connectivity index (χ1) is 9.58. The molecule has 3 atom stereocenters. The number of carbonyl (C=O) groups is 1. The van der Waals surface area contributed by atoms with Crippen LogP contribution in [0.5, 0.6) is 0 Å². The molecule has 0 unspecified atom stereocenters. The van der Waals surface area contributed by atoms with Crippen LogP contribution in [0.25, 0.3) is 0 Å². The van der Waals surface area contributed by atoms with Gasteiger partial charge in [0.1, 0.15) is 12.2 Å². The van der Waals surface area contributed by atoms with Crippen molar-refractivity contribution in [3.63, 3.8) is 0 Å². The van der Waals surface area contributed by atoms with Gasteiger partial charge in [-0.1, -0.05) is 37.3 Å². The molecule has 0 saturated heterocycles. The first-order valence-corrected chi connectivity index (χ1v) is 6.60. The third-order valence-electron chi connectivity index (χ3n) is 3.06. The van der Waals surface area contributed by atoms with Crippen molar-refractivity contribution in [1.29, 1.82) is 0 Å². The van der Waals surface area contributed by atoms with Crippen molar-refractivity contribution >= 4 is 6.41 Å². The highest BCUT2D eigenvalue weighted by Crippen LogP contribution is 2.23. The zero-order valence-corrected chi connectivity index (χ0v) is 11.7. The van der Waals surface area contributed by atoms with Crippen LogP contribution in [-0.4, -0.2) is 30.0 Å². The molecule has 0 saturated carbocycles. The second-order valence-electron chi connectivity index (χ2n) is 4.59. The lowest BCUT2D eigenvalue weighted by Gasteiger charge is -2.27. The molecule has 1 aromatic carbocycles. The van der Waals surface area contributed by atoms with Crippen molar-refractivity contribution in [2.45, 2.75) is 38.5 Å². The van der Waals surface area contributed by atoms with Gasteiger partial charge in [-0.05, 0) is 18.9 Å². The summed E-state index contributed by atoms with van der Waals surface area (Å²) >= 11 is 0. The van der Waals surface area contributed by atoms with E-state index < -0.39 is 12.2 Å². The fraction of sp³-hybridized carbons (Fsp3) is 0.500. The summed E-state index contributed by atoms with van der Waals surface area (Å²) in [7, 11) is 0. The van der Waals surface area contributed by atoms with Gasteiger partial charge < -0.3 is 10.1 Å². The third-order valence-corrected chi connectivity index (χ3v) is 3.06. The zero-order valence-electron chi connectivity index (χ0n) is 11.7. The largest absolute Gasteiger partial charge is 0.361 e. The van der Waals surface area contributed by atoms with Gasteiger partial charge in [-0.25, -0.2) is 0 Å². The Morgan fingerprint density at radius 2 is 2.05 bits per heavy atom. The highest BCUT2D eigenvalue weighted by atomic mass is 16.6. The number of nitrogens with zero attached hydrogens (tertiary/aromatic N) is 1. The molecule has 6 nitrogen and oxygen atoms in total. The molecule has 0 fully saturated rings. The molecule has 20 heavy (non-hydrogen) atoms. The van der Waals surface area contributed by atoms with Gasteiger partial charge in [0.25, 0.3) is 0 Å². The van der Waals surface area contributed by atoms with E-state index in [1.54, 1.807) is 0 Å². The van der Waals surface area contributed by atoms with E-state index in [0.717, 1.165) is 5.56 Å². The molecule has 0 spiro atoms. The molecule has 1 amide bonds. The van der Waals surface area contributed by atoms with E-state index in [4.69, 9.17) is 4.74 Å². The smallest absolute Gasteiger partial charge is 0.229 e. The second kappa shape index (κ2) is 8.27. The van der Waals surface area contributed by atoms with Crippen LogP contribution >= 0.6 is 0 Å². The highest BCUT2D eigenvalue weighted by Gasteiger charge is 2.25. The van der Waals surface area contributed by atoms with Crippen LogP contribution in [0.3, 0.4) is 0 Å². The number of ether oxygens (including phenoxy) is 1. The first-order valence-electron chi connectivity index (χ1n) is 6.60. The number of nitrogens with one attached hydrogen (secondary N) is 1. The third kappa shape index (κ3) is 4.97. The fourth-order valence-corrected chi connectivity index (χ4v) is 1.96. The van der Waals surface area contributed by atoms with Gasteiger partial charge in [-0.15, -0.1) is 0 Å². The van der Waals surface area contributed by atoms with E-state index in [1.807, 2.05) is 44.2 Å². The molecule has 0 heterocycles. The monoisotopic (exact) mass is 280 g/mol. The highest BCUT2D eigenvalue weighted by molar-refractivity contribution is 5.47. The number of amides is 1. The summed E-state index contributed by atoms with van der Waals surface area (Å²) in [5, 5.41) is 13.3. The van der Waals surface area contributed by atoms with Crippen LogP contribution in [0.4, 0.5) is 0 Å². The van der Waals surface area contributed by atoms with Crippen LogP contribution in [0.2, 0.25) is 0 Å². The van der Waals surface area contributed by atoms with Gasteiger partial charge in [0, 0.05) is 4.92 Å². The fourth-order valence-electron chi connectivity index (χ4n) is 1.96. The summed E-state index contributed by atoms with van der Waals surface area (Å²) in [6.45, 7) is 3.41. The minimum atomic E-state index is -0.480. The standard InChI is InChI=1S/C14H20N2O4/c1-3-13(9-16(18)19)20-14(11(2)15-10-17)12-7-5-4-6-8-12/h4-8,10-11,13-14H,3,9H2,1-2H3,(H,15,17)/t11-,13+,14+/m0/s1. The van der Waals surface area contributed by atoms with Crippen molar-refractivity contribution < 1.29 is 14.5 Å². The van der Waals surface area contributed by atoms with Gasteiger partial charge in [0.05, 0.1) is 6.04 Å². The molecule has 1 rings (SSSR count). The SMILES string of the molecule is CC[C@H](C[N+](=O)[O-])O[C@@H](c1ccccc1)[C@H](C)NC=O. The summed E-state index contributed by atoms with van der Waals surface area (Å²) in [6, 6.07) is 9.11. The van der Waals surface area contributed by atoms with E-state index >= 15 is 0 Å². The predicted octanol–water partition coefficient (Wildman–Crippen LogP) is 1.93. The van der Waals surface area contributed by atoms with Crippen molar-refractivity contribution in [1.82, 2.24) is 5.32 Å². The summed E-state index contributed by atoms with van der Waals surface area (Å²) in [5.74, 6) is 0. The van der Waals surface area contributed by atoms with Gasteiger partial charge in [0.2, 0.25) is 13.0 Å². The number of hydrogen-bond acceptors (Lipinski definition) is 4. The number of hydrogen-bond donors (Lipinski definition) is 1. The molecule has 0 aliphatic rings. The van der Waals surface area contributed by atoms with Gasteiger partial charge >= 0.3 is 0 Å². The van der Waals surface area contributed by atoms with Crippen LogP contribution in [0.1, 0.15) is 31.9 Å². The molecule has 0 aromatic heterocycles. The predicted molar refractivity (Wildman–Crippen MR) is 74.9 cm³/mol. The Hall–Kier alpha value is -1.95. The second-order valence-corrected chi connectivity index (χ2v) is 4.59. The molecule has 6 heteroatoms.